The van der Waals surface area contributed by atoms with Crippen molar-refractivity contribution in [3.8, 4) is 0 Å². The number of hydrogen-bond acceptors (Lipinski definition) is 3. The predicted molar refractivity (Wildman–Crippen MR) is 52.5 cm³/mol. The lowest BCUT2D eigenvalue weighted by atomic mass is 10.4. The van der Waals surface area contributed by atoms with Crippen LogP contribution in [0.4, 0.5) is 0 Å². The molecule has 0 unspecified atom stereocenters. The van der Waals surface area contributed by atoms with Crippen molar-refractivity contribution in [2.24, 2.45) is 0 Å². The Kier molecular flexibility index (Phi) is 3.84. The molecule has 15 heavy (non-hydrogen) atoms. The molecule has 0 bridgehead atoms. The summed E-state index contributed by atoms with van der Waals surface area (Å²) in [7, 11) is 0. The minimum Gasteiger partial charge on any atom is -0.476 e. The number of aryl methyl sites for hydroxylation is 1. The molecule has 0 aromatic carbocycles. The van der Waals surface area contributed by atoms with E-state index in [4.69, 9.17) is 5.11 Å². The van der Waals surface area contributed by atoms with Crippen molar-refractivity contribution in [3.63, 3.8) is 0 Å². The van der Waals surface area contributed by atoms with E-state index in [9.17, 15) is 9.59 Å². The fraction of sp³-hybridized carbons (Fsp3) is 0.444. The Balaban J connectivity index is 2.31. The minimum atomic E-state index is -1.03. The van der Waals surface area contributed by atoms with Gasteiger partial charge in [-0.15, -0.1) is 0 Å². The van der Waals surface area contributed by atoms with Crippen molar-refractivity contribution < 1.29 is 14.7 Å². The van der Waals surface area contributed by atoms with Crippen LogP contribution in [0.5, 0.6) is 0 Å². The van der Waals surface area contributed by atoms with Crippen LogP contribution in [0.25, 0.3) is 0 Å². The first kappa shape index (κ1) is 11.2. The van der Waals surface area contributed by atoms with E-state index in [2.05, 4.69) is 10.4 Å². The smallest absolute Gasteiger partial charge is 0.356 e. The zero-order valence-electron chi connectivity index (χ0n) is 8.43. The number of carboxylic acid groups (broad SMARTS) is 1. The second-order valence-electron chi connectivity index (χ2n) is 3.11. The second-order valence-corrected chi connectivity index (χ2v) is 3.11. The van der Waals surface area contributed by atoms with E-state index in [1.807, 2.05) is 0 Å². The fourth-order valence-corrected chi connectivity index (χ4v) is 1.11. The first-order valence-corrected chi connectivity index (χ1v) is 4.61. The van der Waals surface area contributed by atoms with Gasteiger partial charge in [0.15, 0.2) is 5.69 Å². The topological polar surface area (TPSA) is 84.2 Å². The van der Waals surface area contributed by atoms with Crippen LogP contribution in [0, 0.1) is 0 Å². The Bertz CT molecular complexity index is 359. The number of carbonyl (C=O) groups excluding carboxylic acids is 1. The quantitative estimate of drug-likeness (QED) is 0.677. The van der Waals surface area contributed by atoms with E-state index in [0.717, 1.165) is 6.42 Å². The Morgan fingerprint density at radius 3 is 2.87 bits per heavy atom. The SMILES string of the molecule is CC(=O)NCCCn1ccc(C(=O)O)n1. The number of amides is 1. The van der Waals surface area contributed by atoms with Crippen LogP contribution >= 0.6 is 0 Å². The van der Waals surface area contributed by atoms with Gasteiger partial charge in [-0.25, -0.2) is 4.79 Å². The van der Waals surface area contributed by atoms with Crippen LogP contribution in [-0.4, -0.2) is 33.3 Å². The molecule has 0 aliphatic heterocycles. The maximum absolute atomic E-state index is 10.5. The molecule has 0 spiro atoms. The Morgan fingerprint density at radius 2 is 2.33 bits per heavy atom. The number of nitrogens with one attached hydrogen (secondary N) is 1. The lowest BCUT2D eigenvalue weighted by molar-refractivity contribution is -0.118. The van der Waals surface area contributed by atoms with Gasteiger partial charge in [0.25, 0.3) is 0 Å². The lowest BCUT2D eigenvalue weighted by Crippen LogP contribution is -2.22. The zero-order chi connectivity index (χ0) is 11.3. The molecule has 0 fully saturated rings. The monoisotopic (exact) mass is 211 g/mol. The molecule has 1 rings (SSSR count). The van der Waals surface area contributed by atoms with Gasteiger partial charge in [0.05, 0.1) is 0 Å². The first-order valence-electron chi connectivity index (χ1n) is 4.61. The molecule has 1 aromatic heterocycles. The number of aromatic carboxylic acids is 1. The molecule has 6 heteroatoms. The molecule has 0 saturated carbocycles. The predicted octanol–water partition coefficient (Wildman–Crippen LogP) is 0.107. The third kappa shape index (κ3) is 3.80. The molecule has 1 amide bonds. The van der Waals surface area contributed by atoms with E-state index < -0.39 is 5.97 Å². The van der Waals surface area contributed by atoms with Gasteiger partial charge in [0, 0.05) is 26.2 Å². The van der Waals surface area contributed by atoms with Gasteiger partial charge in [-0.1, -0.05) is 0 Å². The normalized spacial score (nSPS) is 9.93. The summed E-state index contributed by atoms with van der Waals surface area (Å²) in [6, 6.07) is 1.45. The fourth-order valence-electron chi connectivity index (χ4n) is 1.11. The molecule has 0 aliphatic rings. The lowest BCUT2D eigenvalue weighted by Gasteiger charge is -2.02. The largest absolute Gasteiger partial charge is 0.476 e. The van der Waals surface area contributed by atoms with Crippen molar-refractivity contribution in [2.75, 3.05) is 6.54 Å². The van der Waals surface area contributed by atoms with Crippen LogP contribution < -0.4 is 5.32 Å². The maximum Gasteiger partial charge on any atom is 0.356 e. The van der Waals surface area contributed by atoms with Gasteiger partial charge in [-0.05, 0) is 12.5 Å². The zero-order valence-corrected chi connectivity index (χ0v) is 8.43. The number of carbonyl (C=O) groups is 2. The average molecular weight is 211 g/mol. The van der Waals surface area contributed by atoms with Gasteiger partial charge in [-0.2, -0.15) is 5.10 Å². The van der Waals surface area contributed by atoms with E-state index in [1.54, 1.807) is 10.9 Å². The minimum absolute atomic E-state index is 0.0366. The molecule has 0 radical (unpaired) electrons. The van der Waals surface area contributed by atoms with E-state index in [1.165, 1.54) is 13.0 Å². The van der Waals surface area contributed by atoms with Gasteiger partial charge < -0.3 is 10.4 Å². The first-order chi connectivity index (χ1) is 7.09. The van der Waals surface area contributed by atoms with Crippen LogP contribution in [0.15, 0.2) is 12.3 Å². The molecular formula is C9H13N3O3. The summed E-state index contributed by atoms with van der Waals surface area (Å²) in [4.78, 5) is 21.0. The molecule has 6 nitrogen and oxygen atoms in total. The molecule has 1 aromatic rings. The van der Waals surface area contributed by atoms with Gasteiger partial charge in [0.1, 0.15) is 0 Å². The summed E-state index contributed by atoms with van der Waals surface area (Å²) in [6.45, 7) is 2.61. The second kappa shape index (κ2) is 5.14. The highest BCUT2D eigenvalue weighted by molar-refractivity contribution is 5.85. The highest BCUT2D eigenvalue weighted by Crippen LogP contribution is 1.96. The maximum atomic E-state index is 10.5. The number of aromatic nitrogens is 2. The highest BCUT2D eigenvalue weighted by Gasteiger charge is 2.05. The average Bonchev–Trinajstić information content (AvgIpc) is 2.60. The molecule has 1 heterocycles. The Morgan fingerprint density at radius 1 is 1.60 bits per heavy atom. The third-order valence-electron chi connectivity index (χ3n) is 1.80. The summed E-state index contributed by atoms with van der Waals surface area (Å²) in [5.74, 6) is -1.10. The summed E-state index contributed by atoms with van der Waals surface area (Å²) in [6.07, 6.45) is 2.33. The van der Waals surface area contributed by atoms with Crippen molar-refractivity contribution in [1.82, 2.24) is 15.1 Å². The van der Waals surface area contributed by atoms with Crippen molar-refractivity contribution in [2.45, 2.75) is 19.9 Å². The number of carboxylic acids is 1. The molecule has 82 valence electrons. The molecular weight excluding hydrogens is 198 g/mol. The van der Waals surface area contributed by atoms with Gasteiger partial charge in [0.2, 0.25) is 5.91 Å². The number of rotatable bonds is 5. The summed E-state index contributed by atoms with van der Waals surface area (Å²) < 4.78 is 1.55. The van der Waals surface area contributed by atoms with Crippen LogP contribution in [-0.2, 0) is 11.3 Å². The van der Waals surface area contributed by atoms with Crippen molar-refractivity contribution in [3.05, 3.63) is 18.0 Å². The number of hydrogen-bond donors (Lipinski definition) is 2. The highest BCUT2D eigenvalue weighted by atomic mass is 16.4. The van der Waals surface area contributed by atoms with E-state index in [-0.39, 0.29) is 11.6 Å². The van der Waals surface area contributed by atoms with Crippen molar-refractivity contribution >= 4 is 11.9 Å². The summed E-state index contributed by atoms with van der Waals surface area (Å²) in [5, 5.41) is 15.1. The molecule has 0 aliphatic carbocycles. The molecule has 2 N–H and O–H groups in total. The summed E-state index contributed by atoms with van der Waals surface area (Å²) in [5.41, 5.74) is 0.0366. The number of nitrogens with zero attached hydrogens (tertiary/aromatic N) is 2. The van der Waals surface area contributed by atoms with Gasteiger partial charge in [-0.3, -0.25) is 9.48 Å². The van der Waals surface area contributed by atoms with Crippen molar-refractivity contribution in [1.29, 1.82) is 0 Å². The Labute approximate surface area is 86.9 Å². The third-order valence-corrected chi connectivity index (χ3v) is 1.80. The van der Waals surface area contributed by atoms with Gasteiger partial charge >= 0.3 is 5.97 Å². The van der Waals surface area contributed by atoms with E-state index >= 15 is 0 Å². The molecule has 0 atom stereocenters. The standard InChI is InChI=1S/C9H13N3O3/c1-7(13)10-4-2-5-12-6-3-8(11-12)9(14)15/h3,6H,2,4-5H2,1H3,(H,10,13)(H,14,15). The van der Waals surface area contributed by atoms with E-state index in [0.29, 0.717) is 13.1 Å². The molecule has 0 saturated heterocycles. The van der Waals surface area contributed by atoms with Crippen LogP contribution in [0.1, 0.15) is 23.8 Å². The van der Waals surface area contributed by atoms with Crippen LogP contribution in [0.3, 0.4) is 0 Å². The Hall–Kier alpha value is -1.85. The summed E-state index contributed by atoms with van der Waals surface area (Å²) >= 11 is 0. The van der Waals surface area contributed by atoms with Crippen LogP contribution in [0.2, 0.25) is 0 Å².